The molecular weight excluding hydrogens is 198 g/mol. The van der Waals surface area contributed by atoms with Gasteiger partial charge in [0.2, 0.25) is 0 Å². The highest BCUT2D eigenvalue weighted by molar-refractivity contribution is 5.45. The third kappa shape index (κ3) is 1.29. The highest BCUT2D eigenvalue weighted by Gasteiger charge is 2.52. The van der Waals surface area contributed by atoms with E-state index in [1.54, 1.807) is 12.7 Å². The van der Waals surface area contributed by atoms with Crippen LogP contribution in [0.15, 0.2) is 18.2 Å². The normalized spacial score (nSPS) is 25.2. The molecule has 2 aliphatic rings. The van der Waals surface area contributed by atoms with Gasteiger partial charge in [-0.1, -0.05) is 6.07 Å². The Morgan fingerprint density at radius 3 is 2.88 bits per heavy atom. The van der Waals surface area contributed by atoms with Crippen LogP contribution in [0, 0.1) is 5.92 Å². The second-order valence-electron chi connectivity index (χ2n) is 5.15. The molecule has 1 atom stereocenters. The van der Waals surface area contributed by atoms with E-state index in [2.05, 4.69) is 18.2 Å². The molecule has 1 unspecified atom stereocenters. The van der Waals surface area contributed by atoms with Crippen molar-refractivity contribution in [3.8, 4) is 5.75 Å². The van der Waals surface area contributed by atoms with Crippen molar-refractivity contribution in [1.29, 1.82) is 0 Å². The summed E-state index contributed by atoms with van der Waals surface area (Å²) in [5.41, 5.74) is 9.38. The van der Waals surface area contributed by atoms with Gasteiger partial charge in [-0.3, -0.25) is 0 Å². The zero-order valence-electron chi connectivity index (χ0n) is 9.83. The standard InChI is InChI=1S/C14H19NO/c1-16-12-4-5-13-10(8-12)2-3-11(9-15)14(13)6-7-14/h4-5,8,11H,2-3,6-7,9,15H2,1H3. The minimum atomic E-state index is 0.439. The molecule has 0 aliphatic heterocycles. The predicted octanol–water partition coefficient (Wildman–Crippen LogP) is 2.25. The van der Waals surface area contributed by atoms with Crippen LogP contribution < -0.4 is 10.5 Å². The van der Waals surface area contributed by atoms with E-state index in [0.717, 1.165) is 18.7 Å². The molecule has 2 N–H and O–H groups in total. The van der Waals surface area contributed by atoms with Gasteiger partial charge < -0.3 is 10.5 Å². The maximum Gasteiger partial charge on any atom is 0.119 e. The minimum absolute atomic E-state index is 0.439. The van der Waals surface area contributed by atoms with E-state index in [9.17, 15) is 0 Å². The fourth-order valence-electron chi connectivity index (χ4n) is 3.37. The third-order valence-corrected chi connectivity index (χ3v) is 4.47. The Bertz CT molecular complexity index is 409. The molecule has 16 heavy (non-hydrogen) atoms. The van der Waals surface area contributed by atoms with E-state index in [0.29, 0.717) is 11.3 Å². The average Bonchev–Trinajstić information content (AvgIpc) is 3.10. The van der Waals surface area contributed by atoms with Crippen molar-refractivity contribution in [1.82, 2.24) is 0 Å². The van der Waals surface area contributed by atoms with Crippen molar-refractivity contribution in [3.63, 3.8) is 0 Å². The SMILES string of the molecule is COc1ccc2c(c1)CCC(CN)C21CC1. The number of fused-ring (bicyclic) bond motifs is 2. The Hall–Kier alpha value is -1.02. The molecule has 0 amide bonds. The van der Waals surface area contributed by atoms with Crippen LogP contribution in [-0.4, -0.2) is 13.7 Å². The van der Waals surface area contributed by atoms with Crippen molar-refractivity contribution in [2.75, 3.05) is 13.7 Å². The second-order valence-corrected chi connectivity index (χ2v) is 5.15. The van der Waals surface area contributed by atoms with Crippen LogP contribution in [-0.2, 0) is 11.8 Å². The lowest BCUT2D eigenvalue weighted by Crippen LogP contribution is -2.32. The average molecular weight is 217 g/mol. The zero-order valence-corrected chi connectivity index (χ0v) is 9.83. The second kappa shape index (κ2) is 3.49. The van der Waals surface area contributed by atoms with Crippen molar-refractivity contribution in [2.45, 2.75) is 31.1 Å². The predicted molar refractivity (Wildman–Crippen MR) is 64.8 cm³/mol. The summed E-state index contributed by atoms with van der Waals surface area (Å²) >= 11 is 0. The molecule has 1 spiro atoms. The van der Waals surface area contributed by atoms with Gasteiger partial charge in [-0.15, -0.1) is 0 Å². The van der Waals surface area contributed by atoms with Gasteiger partial charge in [-0.05, 0) is 66.8 Å². The Labute approximate surface area is 96.8 Å². The number of nitrogens with two attached hydrogens (primary N) is 1. The molecule has 0 radical (unpaired) electrons. The summed E-state index contributed by atoms with van der Waals surface area (Å²) in [6.07, 6.45) is 5.06. The van der Waals surface area contributed by atoms with Gasteiger partial charge in [0.25, 0.3) is 0 Å². The van der Waals surface area contributed by atoms with Gasteiger partial charge in [-0.25, -0.2) is 0 Å². The van der Waals surface area contributed by atoms with Gasteiger partial charge in [0.15, 0.2) is 0 Å². The molecular formula is C14H19NO. The lowest BCUT2D eigenvalue weighted by molar-refractivity contribution is 0.359. The first-order valence-electron chi connectivity index (χ1n) is 6.17. The van der Waals surface area contributed by atoms with Gasteiger partial charge in [-0.2, -0.15) is 0 Å². The Morgan fingerprint density at radius 2 is 2.25 bits per heavy atom. The summed E-state index contributed by atoms with van der Waals surface area (Å²) in [6.45, 7) is 0.839. The maximum absolute atomic E-state index is 5.91. The molecule has 1 aromatic carbocycles. The van der Waals surface area contributed by atoms with Crippen LogP contribution in [0.5, 0.6) is 5.75 Å². The van der Waals surface area contributed by atoms with E-state index in [-0.39, 0.29) is 0 Å². The molecule has 0 aromatic heterocycles. The van der Waals surface area contributed by atoms with Crippen LogP contribution in [0.2, 0.25) is 0 Å². The van der Waals surface area contributed by atoms with Gasteiger partial charge >= 0.3 is 0 Å². The fraction of sp³-hybridized carbons (Fsp3) is 0.571. The number of rotatable bonds is 2. The molecule has 2 aliphatic carbocycles. The van der Waals surface area contributed by atoms with Crippen LogP contribution in [0.25, 0.3) is 0 Å². The summed E-state index contributed by atoms with van der Waals surface area (Å²) in [6, 6.07) is 6.57. The largest absolute Gasteiger partial charge is 0.497 e. The van der Waals surface area contributed by atoms with Crippen molar-refractivity contribution in [2.24, 2.45) is 11.7 Å². The van der Waals surface area contributed by atoms with Crippen LogP contribution in [0.4, 0.5) is 0 Å². The summed E-state index contributed by atoms with van der Waals surface area (Å²) < 4.78 is 5.30. The first kappa shape index (κ1) is 10.2. The summed E-state index contributed by atoms with van der Waals surface area (Å²) in [5.74, 6) is 1.69. The quantitative estimate of drug-likeness (QED) is 0.824. The lowest BCUT2D eigenvalue weighted by Gasteiger charge is -2.33. The maximum atomic E-state index is 5.91. The number of hydrogen-bond acceptors (Lipinski definition) is 2. The summed E-state index contributed by atoms with van der Waals surface area (Å²) in [5, 5.41) is 0. The van der Waals surface area contributed by atoms with Crippen molar-refractivity contribution in [3.05, 3.63) is 29.3 Å². The van der Waals surface area contributed by atoms with Crippen LogP contribution in [0.3, 0.4) is 0 Å². The van der Waals surface area contributed by atoms with E-state index < -0.39 is 0 Å². The van der Waals surface area contributed by atoms with E-state index in [1.807, 2.05) is 0 Å². The Morgan fingerprint density at radius 1 is 1.44 bits per heavy atom. The number of aryl methyl sites for hydroxylation is 1. The van der Waals surface area contributed by atoms with E-state index in [4.69, 9.17) is 10.5 Å². The molecule has 86 valence electrons. The van der Waals surface area contributed by atoms with E-state index >= 15 is 0 Å². The first-order valence-corrected chi connectivity index (χ1v) is 6.17. The molecule has 2 nitrogen and oxygen atoms in total. The Kier molecular flexibility index (Phi) is 2.21. The molecule has 1 fully saturated rings. The molecule has 3 rings (SSSR count). The highest BCUT2D eigenvalue weighted by Crippen LogP contribution is 2.58. The third-order valence-electron chi connectivity index (χ3n) is 4.47. The highest BCUT2D eigenvalue weighted by atomic mass is 16.5. The Balaban J connectivity index is 2.03. The zero-order chi connectivity index (χ0) is 11.2. The molecule has 2 heteroatoms. The minimum Gasteiger partial charge on any atom is -0.497 e. The van der Waals surface area contributed by atoms with Gasteiger partial charge in [0, 0.05) is 0 Å². The smallest absolute Gasteiger partial charge is 0.119 e. The molecule has 1 aromatic rings. The monoisotopic (exact) mass is 217 g/mol. The number of hydrogen-bond donors (Lipinski definition) is 1. The van der Waals surface area contributed by atoms with E-state index in [1.165, 1.54) is 24.8 Å². The number of benzene rings is 1. The van der Waals surface area contributed by atoms with Crippen molar-refractivity contribution < 1.29 is 4.74 Å². The number of ether oxygens (including phenoxy) is 1. The molecule has 0 bridgehead atoms. The van der Waals surface area contributed by atoms with Gasteiger partial charge in [0.05, 0.1) is 7.11 Å². The summed E-state index contributed by atoms with van der Waals surface area (Å²) in [4.78, 5) is 0. The topological polar surface area (TPSA) is 35.2 Å². The summed E-state index contributed by atoms with van der Waals surface area (Å²) in [7, 11) is 1.74. The first-order chi connectivity index (χ1) is 7.80. The van der Waals surface area contributed by atoms with Crippen LogP contribution in [0.1, 0.15) is 30.4 Å². The van der Waals surface area contributed by atoms with Crippen LogP contribution >= 0.6 is 0 Å². The number of methoxy groups -OCH3 is 1. The molecule has 1 saturated carbocycles. The molecule has 0 heterocycles. The molecule has 0 saturated heterocycles. The lowest BCUT2D eigenvalue weighted by atomic mass is 9.72. The van der Waals surface area contributed by atoms with Crippen molar-refractivity contribution >= 4 is 0 Å². The fourth-order valence-corrected chi connectivity index (χ4v) is 3.37. The van der Waals surface area contributed by atoms with Gasteiger partial charge in [0.1, 0.15) is 5.75 Å².